The fraction of sp³-hybridized carbons (Fsp3) is 0.500. The third kappa shape index (κ3) is 6.60. The molecule has 0 atom stereocenters. The molecule has 0 aromatic carbocycles. The van der Waals surface area contributed by atoms with Crippen molar-refractivity contribution in [2.24, 2.45) is 4.99 Å². The van der Waals surface area contributed by atoms with Gasteiger partial charge in [0, 0.05) is 41.3 Å². The SMILES string of the molecule is CN(C)C(=C(C#N)C(=NC=C(C#N)C#N)SC(=S)N1CCCCC1)N(C)C. The minimum atomic E-state index is -0.134. The molecule has 1 heterocycles. The van der Waals surface area contributed by atoms with Crippen molar-refractivity contribution in [1.29, 1.82) is 15.8 Å². The highest BCUT2D eigenvalue weighted by Gasteiger charge is 2.22. The molecule has 1 aliphatic heterocycles. The average Bonchev–Trinajstić information content (AvgIpc) is 2.65. The molecule has 0 N–H and O–H groups in total. The van der Waals surface area contributed by atoms with Gasteiger partial charge in [0.15, 0.2) is 0 Å². The first-order valence-corrected chi connectivity index (χ1v) is 9.62. The number of nitriles is 3. The highest BCUT2D eigenvalue weighted by molar-refractivity contribution is 8.33. The Morgan fingerprint density at radius 3 is 2.00 bits per heavy atom. The summed E-state index contributed by atoms with van der Waals surface area (Å²) in [7, 11) is 7.35. The first kappa shape index (κ1) is 22.5. The van der Waals surface area contributed by atoms with Crippen molar-refractivity contribution >= 4 is 33.3 Å². The molecule has 0 saturated carbocycles. The number of piperidine rings is 1. The summed E-state index contributed by atoms with van der Waals surface area (Å²) in [6.45, 7) is 1.77. The highest BCUT2D eigenvalue weighted by atomic mass is 32.2. The lowest BCUT2D eigenvalue weighted by Crippen LogP contribution is -2.34. The van der Waals surface area contributed by atoms with Crippen LogP contribution in [0.2, 0.25) is 0 Å². The third-order valence-corrected chi connectivity index (χ3v) is 5.19. The number of nitrogens with zero attached hydrogens (tertiary/aromatic N) is 7. The number of thioether (sulfide) groups is 1. The molecule has 142 valence electrons. The van der Waals surface area contributed by atoms with Gasteiger partial charge in [0.25, 0.3) is 0 Å². The number of likely N-dealkylation sites (tertiary alicyclic amines) is 1. The second-order valence-corrected chi connectivity index (χ2v) is 7.84. The Kier molecular flexibility index (Phi) is 9.36. The molecule has 0 aromatic heterocycles. The van der Waals surface area contributed by atoms with Crippen LogP contribution in [0.5, 0.6) is 0 Å². The van der Waals surface area contributed by atoms with E-state index in [1.165, 1.54) is 24.4 Å². The second kappa shape index (κ2) is 11.2. The van der Waals surface area contributed by atoms with Crippen molar-refractivity contribution in [3.05, 3.63) is 23.2 Å². The van der Waals surface area contributed by atoms with E-state index in [0.717, 1.165) is 25.9 Å². The molecule has 1 rings (SSSR count). The van der Waals surface area contributed by atoms with Gasteiger partial charge in [0.05, 0.1) is 6.20 Å². The van der Waals surface area contributed by atoms with E-state index in [1.807, 2.05) is 38.0 Å². The van der Waals surface area contributed by atoms with Gasteiger partial charge >= 0.3 is 0 Å². The number of aliphatic imine (C=N–C) groups is 1. The van der Waals surface area contributed by atoms with Crippen LogP contribution in [0.1, 0.15) is 19.3 Å². The standard InChI is InChI=1S/C18H23N7S2/c1-23(2)17(24(3)4)15(12-21)16(22-13-14(10-19)11-20)27-18(26)25-8-6-5-7-9-25/h13H,5-9H2,1-4H3. The third-order valence-electron chi connectivity index (χ3n) is 3.75. The maximum Gasteiger partial charge on any atom is 0.147 e. The highest BCUT2D eigenvalue weighted by Crippen LogP contribution is 2.24. The zero-order chi connectivity index (χ0) is 20.4. The molecular formula is C18H23N7S2. The van der Waals surface area contributed by atoms with Crippen LogP contribution in [-0.4, -0.2) is 65.3 Å². The topological polar surface area (TPSA) is 93.4 Å². The van der Waals surface area contributed by atoms with Gasteiger partial charge < -0.3 is 14.7 Å². The second-order valence-electron chi connectivity index (χ2n) is 6.22. The van der Waals surface area contributed by atoms with Crippen molar-refractivity contribution in [3.63, 3.8) is 0 Å². The molecule has 0 spiro atoms. The van der Waals surface area contributed by atoms with Crippen molar-refractivity contribution in [2.45, 2.75) is 19.3 Å². The van der Waals surface area contributed by atoms with Gasteiger partial charge in [-0.2, -0.15) is 15.8 Å². The molecular weight excluding hydrogens is 378 g/mol. The number of hydrogen-bond acceptors (Lipinski definition) is 8. The van der Waals surface area contributed by atoms with Gasteiger partial charge in [-0.15, -0.1) is 0 Å². The van der Waals surface area contributed by atoms with Gasteiger partial charge in [-0.1, -0.05) is 12.2 Å². The molecule has 0 bridgehead atoms. The normalized spacial score (nSPS) is 13.5. The van der Waals surface area contributed by atoms with Crippen molar-refractivity contribution in [3.8, 4) is 18.2 Å². The monoisotopic (exact) mass is 401 g/mol. The Morgan fingerprint density at radius 1 is 1.00 bits per heavy atom. The smallest absolute Gasteiger partial charge is 0.147 e. The Balaban J connectivity index is 3.39. The molecule has 1 saturated heterocycles. The summed E-state index contributed by atoms with van der Waals surface area (Å²) in [6, 6.07) is 5.76. The van der Waals surface area contributed by atoms with Gasteiger partial charge in [-0.25, -0.2) is 4.99 Å². The van der Waals surface area contributed by atoms with Crippen LogP contribution in [0.25, 0.3) is 0 Å². The Labute approximate surface area is 170 Å². The lowest BCUT2D eigenvalue weighted by molar-refractivity contribution is 0.341. The largest absolute Gasteiger partial charge is 0.363 e. The summed E-state index contributed by atoms with van der Waals surface area (Å²) in [5.74, 6) is 0.661. The molecule has 1 fully saturated rings. The van der Waals surface area contributed by atoms with Gasteiger partial charge in [-0.05, 0) is 31.0 Å². The van der Waals surface area contributed by atoms with E-state index < -0.39 is 0 Å². The maximum absolute atomic E-state index is 9.80. The minimum absolute atomic E-state index is 0.134. The molecule has 0 aromatic rings. The summed E-state index contributed by atoms with van der Waals surface area (Å²) < 4.78 is 0.641. The fourth-order valence-electron chi connectivity index (χ4n) is 2.61. The van der Waals surface area contributed by atoms with E-state index in [1.54, 1.807) is 12.1 Å². The average molecular weight is 402 g/mol. The van der Waals surface area contributed by atoms with E-state index >= 15 is 0 Å². The zero-order valence-corrected chi connectivity index (χ0v) is 17.7. The Hall–Kier alpha value is -2.54. The molecule has 0 radical (unpaired) electrons. The number of rotatable bonds is 4. The molecule has 1 aliphatic rings. The van der Waals surface area contributed by atoms with Gasteiger partial charge in [0.2, 0.25) is 0 Å². The van der Waals surface area contributed by atoms with Crippen LogP contribution in [-0.2, 0) is 0 Å². The molecule has 27 heavy (non-hydrogen) atoms. The summed E-state index contributed by atoms with van der Waals surface area (Å²) in [5.41, 5.74) is 0.200. The summed E-state index contributed by atoms with van der Waals surface area (Å²) in [5, 5.41) is 28.1. The predicted molar refractivity (Wildman–Crippen MR) is 112 cm³/mol. The van der Waals surface area contributed by atoms with E-state index in [2.05, 4.69) is 16.0 Å². The van der Waals surface area contributed by atoms with Crippen molar-refractivity contribution in [1.82, 2.24) is 14.7 Å². The lowest BCUT2D eigenvalue weighted by atomic mass is 10.1. The van der Waals surface area contributed by atoms with Crippen LogP contribution in [0.3, 0.4) is 0 Å². The van der Waals surface area contributed by atoms with Crippen LogP contribution in [0.15, 0.2) is 28.2 Å². The minimum Gasteiger partial charge on any atom is -0.363 e. The van der Waals surface area contributed by atoms with Crippen LogP contribution in [0.4, 0.5) is 0 Å². The summed E-state index contributed by atoms with van der Waals surface area (Å²) >= 11 is 6.79. The van der Waals surface area contributed by atoms with E-state index in [4.69, 9.17) is 22.7 Å². The molecule has 0 unspecified atom stereocenters. The van der Waals surface area contributed by atoms with Crippen molar-refractivity contribution in [2.75, 3.05) is 41.3 Å². The van der Waals surface area contributed by atoms with Crippen LogP contribution >= 0.6 is 24.0 Å². The van der Waals surface area contributed by atoms with Crippen LogP contribution in [0, 0.1) is 34.0 Å². The molecule has 7 nitrogen and oxygen atoms in total. The van der Waals surface area contributed by atoms with E-state index in [0.29, 0.717) is 20.8 Å². The Morgan fingerprint density at radius 2 is 1.56 bits per heavy atom. The maximum atomic E-state index is 9.80. The van der Waals surface area contributed by atoms with E-state index in [-0.39, 0.29) is 5.57 Å². The summed E-state index contributed by atoms with van der Waals surface area (Å²) in [6.07, 6.45) is 4.54. The van der Waals surface area contributed by atoms with Crippen molar-refractivity contribution < 1.29 is 0 Å². The summed E-state index contributed by atoms with van der Waals surface area (Å²) in [4.78, 5) is 10.0. The quantitative estimate of drug-likeness (QED) is 0.307. The Bertz CT molecular complexity index is 741. The molecule has 0 aliphatic carbocycles. The number of thiocarbonyl (C=S) groups is 1. The molecule has 9 heteroatoms. The fourth-order valence-corrected chi connectivity index (χ4v) is 3.85. The van der Waals surface area contributed by atoms with E-state index in [9.17, 15) is 5.26 Å². The first-order valence-electron chi connectivity index (χ1n) is 8.40. The zero-order valence-electron chi connectivity index (χ0n) is 16.1. The predicted octanol–water partition coefficient (Wildman–Crippen LogP) is 2.68. The first-order chi connectivity index (χ1) is 12.8. The number of allylic oxidation sites excluding steroid dienone is 1. The molecule has 0 amide bonds. The van der Waals surface area contributed by atoms with Crippen LogP contribution < -0.4 is 0 Å². The lowest BCUT2D eigenvalue weighted by Gasteiger charge is -2.29. The van der Waals surface area contributed by atoms with Gasteiger partial charge in [0.1, 0.15) is 44.5 Å². The number of hydrogen-bond donors (Lipinski definition) is 0. The van der Waals surface area contributed by atoms with Gasteiger partial charge in [-0.3, -0.25) is 0 Å².